The van der Waals surface area contributed by atoms with Gasteiger partial charge in [0.15, 0.2) is 0 Å². The summed E-state index contributed by atoms with van der Waals surface area (Å²) in [6.45, 7) is 14.9. The number of fused-ring (bicyclic) bond motifs is 3. The molecule has 2 aromatic heterocycles. The monoisotopic (exact) mass is 450 g/mol. The highest BCUT2D eigenvalue weighted by Crippen LogP contribution is 2.38. The van der Waals surface area contributed by atoms with Crippen LogP contribution in [0, 0.1) is 13.8 Å². The second-order valence-electron chi connectivity index (χ2n) is 10.1. The van der Waals surface area contributed by atoms with E-state index in [2.05, 4.69) is 98.5 Å². The van der Waals surface area contributed by atoms with Gasteiger partial charge in [-0.05, 0) is 94.8 Å². The van der Waals surface area contributed by atoms with Gasteiger partial charge in [-0.3, -0.25) is 9.97 Å². The first-order chi connectivity index (χ1) is 15.2. The van der Waals surface area contributed by atoms with Gasteiger partial charge < -0.3 is 0 Å². The van der Waals surface area contributed by atoms with Gasteiger partial charge in [0, 0.05) is 24.8 Å². The van der Waals surface area contributed by atoms with E-state index in [-0.39, 0.29) is 0 Å². The van der Waals surface area contributed by atoms with Crippen molar-refractivity contribution in [2.75, 3.05) is 0 Å². The first kappa shape index (κ1) is 21.0. The lowest BCUT2D eigenvalue weighted by Crippen LogP contribution is -2.72. The Hall–Kier alpha value is -2.83. The minimum Gasteiger partial charge on any atom is -0.265 e. The molecule has 4 aromatic rings. The van der Waals surface area contributed by atoms with E-state index in [1.54, 1.807) is 10.4 Å². The maximum Gasteiger partial charge on any atom is 0.0800 e. The van der Waals surface area contributed by atoms with E-state index in [9.17, 15) is 0 Å². The third kappa shape index (κ3) is 3.05. The maximum absolute atomic E-state index is 4.23. The average molecular weight is 451 g/mol. The molecule has 4 heteroatoms. The normalized spacial score (nSPS) is 15.7. The van der Waals surface area contributed by atoms with Crippen LogP contribution < -0.4 is 10.4 Å². The van der Waals surface area contributed by atoms with E-state index >= 15 is 0 Å². The number of pyridine rings is 2. The molecule has 160 valence electrons. The smallest absolute Gasteiger partial charge is 0.0800 e. The summed E-state index contributed by atoms with van der Waals surface area (Å²) < 4.78 is 0. The van der Waals surface area contributed by atoms with E-state index in [0.717, 1.165) is 0 Å². The van der Waals surface area contributed by atoms with Crippen LogP contribution in [0.15, 0.2) is 73.3 Å². The lowest BCUT2D eigenvalue weighted by molar-refractivity contribution is 1.32. The second-order valence-corrected chi connectivity index (χ2v) is 25.2. The molecule has 1 aliphatic heterocycles. The van der Waals surface area contributed by atoms with Crippen molar-refractivity contribution >= 4 is 25.6 Å². The SMILES string of the molecule is Cc1cc2c(cc1-c1ccncc1)-c1cc(-c3ccncc3)c(C)cc1[Si](C)(C)[Si]2(C)C. The standard InChI is InChI=1S/C28H30N2Si2/c1-19-15-27-25(17-23(19)21-7-11-29-12-8-21)26-18-24(22-9-13-30-14-10-22)20(2)16-28(26)32(5,6)31(27,3)4/h7-18H,1-6H3. The summed E-state index contributed by atoms with van der Waals surface area (Å²) in [7, 11) is -3.30. The van der Waals surface area contributed by atoms with Crippen molar-refractivity contribution in [1.29, 1.82) is 0 Å². The summed E-state index contributed by atoms with van der Waals surface area (Å²) in [6, 6.07) is 18.4. The van der Waals surface area contributed by atoms with E-state index in [4.69, 9.17) is 0 Å². The van der Waals surface area contributed by atoms with Crippen molar-refractivity contribution in [3.05, 3.63) is 84.4 Å². The molecule has 2 nitrogen and oxygen atoms in total. The molecule has 0 fully saturated rings. The predicted octanol–water partition coefficient (Wildman–Crippen LogP) is 6.02. The molecule has 5 rings (SSSR count). The highest BCUT2D eigenvalue weighted by molar-refractivity contribution is 7.50. The number of aryl methyl sites for hydroxylation is 2. The third-order valence-electron chi connectivity index (χ3n) is 7.91. The average Bonchev–Trinajstić information content (AvgIpc) is 2.79. The largest absolute Gasteiger partial charge is 0.265 e. The molecule has 0 saturated heterocycles. The van der Waals surface area contributed by atoms with Gasteiger partial charge in [0.1, 0.15) is 0 Å². The van der Waals surface area contributed by atoms with Crippen LogP contribution in [-0.4, -0.2) is 25.2 Å². The molecule has 0 spiro atoms. The number of aromatic nitrogens is 2. The minimum absolute atomic E-state index is 1.24. The fraction of sp³-hybridized carbons (Fsp3) is 0.214. The van der Waals surface area contributed by atoms with Crippen molar-refractivity contribution in [2.24, 2.45) is 0 Å². The molecule has 0 unspecified atom stereocenters. The predicted molar refractivity (Wildman–Crippen MR) is 142 cm³/mol. The van der Waals surface area contributed by atoms with E-state index in [1.165, 1.54) is 44.5 Å². The molecule has 0 amide bonds. The van der Waals surface area contributed by atoms with Crippen molar-refractivity contribution in [3.63, 3.8) is 0 Å². The van der Waals surface area contributed by atoms with Crippen molar-refractivity contribution in [2.45, 2.75) is 40.0 Å². The van der Waals surface area contributed by atoms with Crippen LogP contribution >= 0.6 is 0 Å². The second kappa shape index (κ2) is 7.36. The Kier molecular flexibility index (Phi) is 4.84. The zero-order valence-corrected chi connectivity index (χ0v) is 21.8. The first-order valence-corrected chi connectivity index (χ1v) is 18.3. The van der Waals surface area contributed by atoms with Crippen LogP contribution in [0.3, 0.4) is 0 Å². The van der Waals surface area contributed by atoms with Gasteiger partial charge in [0.05, 0.1) is 15.2 Å². The molecule has 0 radical (unpaired) electrons. The summed E-state index contributed by atoms with van der Waals surface area (Å²) in [6.07, 6.45) is 7.56. The maximum atomic E-state index is 4.23. The van der Waals surface area contributed by atoms with Gasteiger partial charge in [-0.25, -0.2) is 0 Å². The Bertz CT molecular complexity index is 1220. The van der Waals surface area contributed by atoms with Crippen molar-refractivity contribution in [3.8, 4) is 33.4 Å². The Labute approximate surface area is 193 Å². The number of rotatable bonds is 2. The molecule has 2 aromatic carbocycles. The van der Waals surface area contributed by atoms with Gasteiger partial charge in [-0.1, -0.05) is 48.7 Å². The number of hydrogen-bond acceptors (Lipinski definition) is 2. The zero-order valence-electron chi connectivity index (χ0n) is 19.8. The van der Waals surface area contributed by atoms with E-state index in [1.807, 2.05) is 24.8 Å². The number of nitrogens with zero attached hydrogens (tertiary/aromatic N) is 2. The molecule has 32 heavy (non-hydrogen) atoms. The van der Waals surface area contributed by atoms with Crippen LogP contribution in [0.4, 0.5) is 0 Å². The lowest BCUT2D eigenvalue weighted by Gasteiger charge is -2.46. The van der Waals surface area contributed by atoms with Crippen LogP contribution in [-0.2, 0) is 0 Å². The summed E-state index contributed by atoms with van der Waals surface area (Å²) in [4.78, 5) is 8.46. The summed E-state index contributed by atoms with van der Waals surface area (Å²) in [5, 5.41) is 3.25. The number of hydrogen-bond donors (Lipinski definition) is 0. The molecule has 0 aliphatic carbocycles. The molecule has 0 saturated carbocycles. The molecular formula is C28H30N2Si2. The van der Waals surface area contributed by atoms with Gasteiger partial charge >= 0.3 is 0 Å². The third-order valence-corrected chi connectivity index (χ3v) is 25.5. The van der Waals surface area contributed by atoms with E-state index < -0.39 is 15.2 Å². The van der Waals surface area contributed by atoms with Gasteiger partial charge in [-0.15, -0.1) is 0 Å². The Balaban J connectivity index is 1.84. The minimum atomic E-state index is -1.65. The Morgan fingerprint density at radius 3 is 1.19 bits per heavy atom. The lowest BCUT2D eigenvalue weighted by atomic mass is 9.92. The molecule has 1 aliphatic rings. The van der Waals surface area contributed by atoms with Gasteiger partial charge in [0.2, 0.25) is 0 Å². The quantitative estimate of drug-likeness (QED) is 0.349. The topological polar surface area (TPSA) is 25.8 Å². The van der Waals surface area contributed by atoms with Gasteiger partial charge in [-0.2, -0.15) is 0 Å². The summed E-state index contributed by atoms with van der Waals surface area (Å²) >= 11 is 0. The highest BCUT2D eigenvalue weighted by Gasteiger charge is 2.49. The Morgan fingerprint density at radius 1 is 0.500 bits per heavy atom. The first-order valence-electron chi connectivity index (χ1n) is 11.3. The van der Waals surface area contributed by atoms with Crippen LogP contribution in [0.5, 0.6) is 0 Å². The fourth-order valence-electron chi connectivity index (χ4n) is 5.25. The van der Waals surface area contributed by atoms with Crippen molar-refractivity contribution < 1.29 is 0 Å². The number of benzene rings is 2. The Morgan fingerprint density at radius 2 is 0.844 bits per heavy atom. The molecule has 0 atom stereocenters. The molecular weight excluding hydrogens is 420 g/mol. The molecule has 3 heterocycles. The summed E-state index contributed by atoms with van der Waals surface area (Å²) in [5.41, 5.74) is 10.7. The van der Waals surface area contributed by atoms with Crippen LogP contribution in [0.25, 0.3) is 33.4 Å². The van der Waals surface area contributed by atoms with Crippen molar-refractivity contribution in [1.82, 2.24) is 9.97 Å². The fourth-order valence-corrected chi connectivity index (χ4v) is 14.8. The highest BCUT2D eigenvalue weighted by atomic mass is 29.3. The zero-order chi connectivity index (χ0) is 22.7. The molecule has 0 N–H and O–H groups in total. The van der Waals surface area contributed by atoms with Crippen LogP contribution in [0.1, 0.15) is 11.1 Å². The van der Waals surface area contributed by atoms with E-state index in [0.29, 0.717) is 0 Å². The molecule has 0 bridgehead atoms. The van der Waals surface area contributed by atoms with Crippen LogP contribution in [0.2, 0.25) is 26.2 Å². The van der Waals surface area contributed by atoms with Gasteiger partial charge in [0.25, 0.3) is 0 Å². The summed E-state index contributed by atoms with van der Waals surface area (Å²) in [5.74, 6) is 0.